The third-order valence-corrected chi connectivity index (χ3v) is 3.36. The van der Waals surface area contributed by atoms with Crippen molar-refractivity contribution in [2.75, 3.05) is 19.6 Å². The molecular formula is C13H18N2O2. The minimum Gasteiger partial charge on any atom is -0.342 e. The van der Waals surface area contributed by atoms with Gasteiger partial charge >= 0.3 is 0 Å². The van der Waals surface area contributed by atoms with Gasteiger partial charge in [-0.1, -0.05) is 13.5 Å². The lowest BCUT2D eigenvalue weighted by molar-refractivity contribution is -0.131. The van der Waals surface area contributed by atoms with E-state index in [0.29, 0.717) is 24.6 Å². The first-order chi connectivity index (χ1) is 8.08. The van der Waals surface area contributed by atoms with Crippen LogP contribution in [0.15, 0.2) is 24.4 Å². The van der Waals surface area contributed by atoms with Crippen molar-refractivity contribution in [2.45, 2.75) is 19.8 Å². The topological polar surface area (TPSA) is 40.6 Å². The SMILES string of the molecule is C=C1C=CC(=O)N1CCC(=O)N1CC[C@H](C)C1. The summed E-state index contributed by atoms with van der Waals surface area (Å²) in [4.78, 5) is 26.8. The van der Waals surface area contributed by atoms with Crippen LogP contribution in [0, 0.1) is 5.92 Å². The molecule has 2 rings (SSSR count). The van der Waals surface area contributed by atoms with E-state index in [1.54, 1.807) is 11.0 Å². The first kappa shape index (κ1) is 11.9. The fourth-order valence-electron chi connectivity index (χ4n) is 2.27. The lowest BCUT2D eigenvalue weighted by atomic mass is 10.2. The fraction of sp³-hybridized carbons (Fsp3) is 0.538. The molecule has 0 aromatic rings. The maximum Gasteiger partial charge on any atom is 0.251 e. The summed E-state index contributed by atoms with van der Waals surface area (Å²) >= 11 is 0. The van der Waals surface area contributed by atoms with Crippen molar-refractivity contribution in [1.82, 2.24) is 9.80 Å². The molecule has 92 valence electrons. The lowest BCUT2D eigenvalue weighted by Gasteiger charge is -2.20. The number of carbonyl (C=O) groups excluding carboxylic acids is 2. The van der Waals surface area contributed by atoms with Gasteiger partial charge in [-0.25, -0.2) is 0 Å². The van der Waals surface area contributed by atoms with Crippen molar-refractivity contribution in [3.63, 3.8) is 0 Å². The molecule has 2 aliphatic heterocycles. The smallest absolute Gasteiger partial charge is 0.251 e. The minimum atomic E-state index is -0.0717. The second-order valence-electron chi connectivity index (χ2n) is 4.80. The number of allylic oxidation sites excluding steroid dienone is 1. The molecule has 0 unspecified atom stereocenters. The zero-order valence-corrected chi connectivity index (χ0v) is 10.2. The molecule has 1 atom stereocenters. The van der Waals surface area contributed by atoms with Gasteiger partial charge in [-0.2, -0.15) is 0 Å². The van der Waals surface area contributed by atoms with Crippen LogP contribution < -0.4 is 0 Å². The Kier molecular flexibility index (Phi) is 3.31. The molecule has 1 fully saturated rings. The summed E-state index contributed by atoms with van der Waals surface area (Å²) < 4.78 is 0. The van der Waals surface area contributed by atoms with Gasteiger partial charge < -0.3 is 9.80 Å². The lowest BCUT2D eigenvalue weighted by Crippen LogP contribution is -2.33. The van der Waals surface area contributed by atoms with Crippen molar-refractivity contribution >= 4 is 11.8 Å². The van der Waals surface area contributed by atoms with E-state index in [2.05, 4.69) is 13.5 Å². The van der Waals surface area contributed by atoms with Gasteiger partial charge in [0.15, 0.2) is 0 Å². The highest BCUT2D eigenvalue weighted by molar-refractivity contribution is 5.93. The van der Waals surface area contributed by atoms with Crippen LogP contribution in [0.1, 0.15) is 19.8 Å². The van der Waals surface area contributed by atoms with Crippen LogP contribution in [0.2, 0.25) is 0 Å². The van der Waals surface area contributed by atoms with Crippen LogP contribution in [-0.4, -0.2) is 41.2 Å². The highest BCUT2D eigenvalue weighted by atomic mass is 16.2. The first-order valence-electron chi connectivity index (χ1n) is 6.04. The van der Waals surface area contributed by atoms with Gasteiger partial charge in [0.25, 0.3) is 5.91 Å². The van der Waals surface area contributed by atoms with Gasteiger partial charge in [-0.15, -0.1) is 0 Å². The number of rotatable bonds is 3. The Hall–Kier alpha value is -1.58. The van der Waals surface area contributed by atoms with Gasteiger partial charge in [0.2, 0.25) is 5.91 Å². The monoisotopic (exact) mass is 234 g/mol. The molecule has 2 amide bonds. The zero-order chi connectivity index (χ0) is 12.4. The molecular weight excluding hydrogens is 216 g/mol. The molecule has 0 aromatic carbocycles. The van der Waals surface area contributed by atoms with Gasteiger partial charge in [0.05, 0.1) is 0 Å². The van der Waals surface area contributed by atoms with Crippen molar-refractivity contribution in [3.05, 3.63) is 24.4 Å². The van der Waals surface area contributed by atoms with Crippen molar-refractivity contribution in [1.29, 1.82) is 0 Å². The van der Waals surface area contributed by atoms with E-state index in [-0.39, 0.29) is 11.8 Å². The van der Waals surface area contributed by atoms with E-state index in [0.717, 1.165) is 19.5 Å². The molecule has 0 saturated carbocycles. The minimum absolute atomic E-state index is 0.0717. The average Bonchev–Trinajstić information content (AvgIpc) is 2.84. The summed E-state index contributed by atoms with van der Waals surface area (Å²) in [6, 6.07) is 0. The van der Waals surface area contributed by atoms with E-state index in [9.17, 15) is 9.59 Å². The van der Waals surface area contributed by atoms with Crippen molar-refractivity contribution < 1.29 is 9.59 Å². The number of hydrogen-bond donors (Lipinski definition) is 0. The summed E-state index contributed by atoms with van der Waals surface area (Å²) in [5.41, 5.74) is 0.678. The highest BCUT2D eigenvalue weighted by Crippen LogP contribution is 2.17. The Labute approximate surface area is 102 Å². The molecule has 17 heavy (non-hydrogen) atoms. The van der Waals surface area contributed by atoms with Crippen molar-refractivity contribution in [3.8, 4) is 0 Å². The van der Waals surface area contributed by atoms with Gasteiger partial charge in [0, 0.05) is 37.8 Å². The predicted molar refractivity (Wildman–Crippen MR) is 65.0 cm³/mol. The molecule has 0 bridgehead atoms. The Morgan fingerprint density at radius 3 is 2.82 bits per heavy atom. The van der Waals surface area contributed by atoms with E-state index in [1.165, 1.54) is 6.08 Å². The summed E-state index contributed by atoms with van der Waals surface area (Å²) in [7, 11) is 0. The van der Waals surface area contributed by atoms with Gasteiger partial charge in [0.1, 0.15) is 0 Å². The normalized spacial score (nSPS) is 23.9. The van der Waals surface area contributed by atoms with Crippen LogP contribution in [0.4, 0.5) is 0 Å². The molecule has 1 saturated heterocycles. The second-order valence-corrected chi connectivity index (χ2v) is 4.80. The van der Waals surface area contributed by atoms with E-state index < -0.39 is 0 Å². The third-order valence-electron chi connectivity index (χ3n) is 3.36. The number of hydrogen-bond acceptors (Lipinski definition) is 2. The number of amides is 2. The van der Waals surface area contributed by atoms with E-state index in [1.807, 2.05) is 4.90 Å². The summed E-state index contributed by atoms with van der Waals surface area (Å²) in [6.07, 6.45) is 4.65. The standard InChI is InChI=1S/C13H18N2O2/c1-10-5-7-14(9-10)12(16)6-8-15-11(2)3-4-13(15)17/h3-4,10H,2,5-9H2,1H3/t10-/m0/s1. The zero-order valence-electron chi connectivity index (χ0n) is 10.2. The molecule has 0 N–H and O–H groups in total. The fourth-order valence-corrected chi connectivity index (χ4v) is 2.27. The van der Waals surface area contributed by atoms with E-state index >= 15 is 0 Å². The van der Waals surface area contributed by atoms with E-state index in [4.69, 9.17) is 0 Å². The number of likely N-dealkylation sites (tertiary alicyclic amines) is 1. The molecule has 0 radical (unpaired) electrons. The van der Waals surface area contributed by atoms with Crippen LogP contribution >= 0.6 is 0 Å². The van der Waals surface area contributed by atoms with Crippen LogP contribution in [0.3, 0.4) is 0 Å². The molecule has 2 aliphatic rings. The van der Waals surface area contributed by atoms with Crippen LogP contribution in [0.5, 0.6) is 0 Å². The van der Waals surface area contributed by atoms with Gasteiger partial charge in [-0.3, -0.25) is 9.59 Å². The summed E-state index contributed by atoms with van der Waals surface area (Å²) in [5, 5.41) is 0. The maximum absolute atomic E-state index is 11.9. The highest BCUT2D eigenvalue weighted by Gasteiger charge is 2.25. The molecule has 0 spiro atoms. The Morgan fingerprint density at radius 1 is 1.53 bits per heavy atom. The summed E-state index contributed by atoms with van der Waals surface area (Å²) in [6.45, 7) is 8.07. The van der Waals surface area contributed by atoms with Crippen LogP contribution in [-0.2, 0) is 9.59 Å². The molecule has 4 heteroatoms. The quantitative estimate of drug-likeness (QED) is 0.735. The molecule has 4 nitrogen and oxygen atoms in total. The number of nitrogens with zero attached hydrogens (tertiary/aromatic N) is 2. The molecule has 2 heterocycles. The maximum atomic E-state index is 11.9. The summed E-state index contributed by atoms with van der Waals surface area (Å²) in [5.74, 6) is 0.670. The Balaban J connectivity index is 1.80. The third kappa shape index (κ3) is 2.57. The molecule has 0 aliphatic carbocycles. The predicted octanol–water partition coefficient (Wildman–Crippen LogP) is 1.16. The average molecular weight is 234 g/mol. The van der Waals surface area contributed by atoms with Crippen molar-refractivity contribution in [2.24, 2.45) is 5.92 Å². The second kappa shape index (κ2) is 4.73. The van der Waals surface area contributed by atoms with Gasteiger partial charge in [-0.05, 0) is 18.4 Å². The Bertz CT molecular complexity index is 369. The van der Waals surface area contributed by atoms with Crippen LogP contribution in [0.25, 0.3) is 0 Å². The molecule has 0 aromatic heterocycles. The largest absolute Gasteiger partial charge is 0.342 e. The first-order valence-corrected chi connectivity index (χ1v) is 6.04. The Morgan fingerprint density at radius 2 is 2.29 bits per heavy atom. The number of carbonyl (C=O) groups is 2.